The van der Waals surface area contributed by atoms with Crippen molar-refractivity contribution in [3.63, 3.8) is 0 Å². The van der Waals surface area contributed by atoms with E-state index in [4.69, 9.17) is 27.4 Å². The molecule has 1 aromatic carbocycles. The topological polar surface area (TPSA) is 47.7 Å². The van der Waals surface area contributed by atoms with Crippen LogP contribution in [0.1, 0.15) is 18.1 Å². The number of nitrogens with zero attached hydrogens (tertiary/aromatic N) is 1. The Bertz CT molecular complexity index is 465. The van der Waals surface area contributed by atoms with Crippen molar-refractivity contribution in [3.8, 4) is 5.75 Å². The number of rotatable bonds is 4. The first kappa shape index (κ1) is 14.2. The second-order valence-electron chi connectivity index (χ2n) is 4.79. The largest absolute Gasteiger partial charge is 0.496 e. The maximum atomic E-state index is 5.67. The van der Waals surface area contributed by atoms with Gasteiger partial charge in [0.25, 0.3) is 0 Å². The van der Waals surface area contributed by atoms with Crippen molar-refractivity contribution in [3.05, 3.63) is 29.3 Å². The zero-order valence-corrected chi connectivity index (χ0v) is 12.2. The van der Waals surface area contributed by atoms with Crippen LogP contribution in [-0.4, -0.2) is 42.8 Å². The maximum Gasteiger partial charge on any atom is 0.129 e. The molecule has 0 amide bonds. The van der Waals surface area contributed by atoms with Gasteiger partial charge in [-0.25, -0.2) is 0 Å². The van der Waals surface area contributed by atoms with Gasteiger partial charge in [-0.1, -0.05) is 18.3 Å². The molecule has 1 aliphatic rings. The first-order chi connectivity index (χ1) is 9.11. The summed E-state index contributed by atoms with van der Waals surface area (Å²) in [6.45, 7) is 5.62. The van der Waals surface area contributed by atoms with Crippen LogP contribution in [0.25, 0.3) is 0 Å². The van der Waals surface area contributed by atoms with Crippen LogP contribution >= 0.6 is 12.2 Å². The first-order valence-corrected chi connectivity index (χ1v) is 6.81. The van der Waals surface area contributed by atoms with Crippen molar-refractivity contribution in [2.45, 2.75) is 19.5 Å². The minimum atomic E-state index is 0.364. The van der Waals surface area contributed by atoms with Gasteiger partial charge in [-0.15, -0.1) is 0 Å². The van der Waals surface area contributed by atoms with E-state index in [2.05, 4.69) is 17.9 Å². The molecule has 1 unspecified atom stereocenters. The fraction of sp³-hybridized carbons (Fsp3) is 0.500. The molecule has 2 N–H and O–H groups in total. The number of methoxy groups -OCH3 is 1. The molecule has 0 aromatic heterocycles. The van der Waals surface area contributed by atoms with Gasteiger partial charge in [0, 0.05) is 19.1 Å². The first-order valence-electron chi connectivity index (χ1n) is 6.40. The minimum absolute atomic E-state index is 0.364. The summed E-state index contributed by atoms with van der Waals surface area (Å²) in [5.41, 5.74) is 7.66. The molecule has 0 saturated carbocycles. The number of benzene rings is 1. The van der Waals surface area contributed by atoms with Gasteiger partial charge < -0.3 is 15.2 Å². The average Bonchev–Trinajstić information content (AvgIpc) is 2.41. The maximum absolute atomic E-state index is 5.67. The summed E-state index contributed by atoms with van der Waals surface area (Å²) in [7, 11) is 1.64. The van der Waals surface area contributed by atoms with Crippen LogP contribution in [0.4, 0.5) is 0 Å². The molecule has 2 rings (SSSR count). The summed E-state index contributed by atoms with van der Waals surface area (Å²) in [5.74, 6) is 0.742. The molecule has 5 heteroatoms. The summed E-state index contributed by atoms with van der Waals surface area (Å²) >= 11 is 5.01. The van der Waals surface area contributed by atoms with Crippen molar-refractivity contribution in [2.75, 3.05) is 26.9 Å². The summed E-state index contributed by atoms with van der Waals surface area (Å²) in [6, 6.07) is 6.44. The van der Waals surface area contributed by atoms with E-state index in [0.29, 0.717) is 11.0 Å². The standard InChI is InChI=1S/C14H20N2O2S/c1-10-9-18-6-5-16(10)8-11-3-4-12(14(15)19)13(7-11)17-2/h3-4,7,10H,5-6,8-9H2,1-2H3,(H2,15,19). The van der Waals surface area contributed by atoms with Crippen LogP contribution in [0.2, 0.25) is 0 Å². The number of thiocarbonyl (C=S) groups is 1. The molecule has 0 spiro atoms. The summed E-state index contributed by atoms with van der Waals surface area (Å²) in [4.78, 5) is 2.77. The Morgan fingerprint density at radius 1 is 1.58 bits per heavy atom. The number of nitrogens with two attached hydrogens (primary N) is 1. The molecule has 1 heterocycles. The van der Waals surface area contributed by atoms with Gasteiger partial charge in [-0.3, -0.25) is 4.90 Å². The second kappa shape index (κ2) is 6.32. The predicted molar refractivity (Wildman–Crippen MR) is 79.6 cm³/mol. The molecule has 19 heavy (non-hydrogen) atoms. The quantitative estimate of drug-likeness (QED) is 0.848. The monoisotopic (exact) mass is 280 g/mol. The van der Waals surface area contributed by atoms with Crippen LogP contribution in [0, 0.1) is 0 Å². The fourth-order valence-corrected chi connectivity index (χ4v) is 2.44. The zero-order chi connectivity index (χ0) is 13.8. The number of ether oxygens (including phenoxy) is 2. The number of hydrogen-bond donors (Lipinski definition) is 1. The van der Waals surface area contributed by atoms with E-state index in [1.165, 1.54) is 5.56 Å². The Kier molecular flexibility index (Phi) is 4.74. The van der Waals surface area contributed by atoms with Gasteiger partial charge in [0.05, 0.1) is 25.9 Å². The highest BCUT2D eigenvalue weighted by Crippen LogP contribution is 2.22. The summed E-state index contributed by atoms with van der Waals surface area (Å²) in [6.07, 6.45) is 0. The van der Waals surface area contributed by atoms with E-state index in [-0.39, 0.29) is 0 Å². The van der Waals surface area contributed by atoms with Gasteiger partial charge in [0.15, 0.2) is 0 Å². The highest BCUT2D eigenvalue weighted by molar-refractivity contribution is 7.80. The third-order valence-electron chi connectivity index (χ3n) is 3.42. The molecule has 1 atom stereocenters. The molecule has 1 fully saturated rings. The van der Waals surface area contributed by atoms with Crippen molar-refractivity contribution in [2.24, 2.45) is 5.73 Å². The van der Waals surface area contributed by atoms with E-state index in [0.717, 1.165) is 37.6 Å². The van der Waals surface area contributed by atoms with Crippen molar-refractivity contribution < 1.29 is 9.47 Å². The number of hydrogen-bond acceptors (Lipinski definition) is 4. The van der Waals surface area contributed by atoms with Crippen LogP contribution < -0.4 is 10.5 Å². The fourth-order valence-electron chi connectivity index (χ4n) is 2.27. The van der Waals surface area contributed by atoms with Crippen LogP contribution in [0.5, 0.6) is 5.75 Å². The lowest BCUT2D eigenvalue weighted by Gasteiger charge is -2.33. The molecule has 1 saturated heterocycles. The molecule has 0 aliphatic carbocycles. The van der Waals surface area contributed by atoms with Gasteiger partial charge in [-0.05, 0) is 24.6 Å². The average molecular weight is 280 g/mol. The third kappa shape index (κ3) is 3.43. The lowest BCUT2D eigenvalue weighted by molar-refractivity contribution is -0.00438. The molecular formula is C14H20N2O2S. The van der Waals surface area contributed by atoms with E-state index in [1.54, 1.807) is 7.11 Å². The van der Waals surface area contributed by atoms with Crippen molar-refractivity contribution in [1.29, 1.82) is 0 Å². The van der Waals surface area contributed by atoms with Crippen LogP contribution in [0.3, 0.4) is 0 Å². The van der Waals surface area contributed by atoms with E-state index < -0.39 is 0 Å². The Morgan fingerprint density at radius 3 is 3.00 bits per heavy atom. The smallest absolute Gasteiger partial charge is 0.129 e. The van der Waals surface area contributed by atoms with Gasteiger partial charge >= 0.3 is 0 Å². The second-order valence-corrected chi connectivity index (χ2v) is 5.23. The van der Waals surface area contributed by atoms with Crippen LogP contribution in [-0.2, 0) is 11.3 Å². The van der Waals surface area contributed by atoms with E-state index in [1.807, 2.05) is 12.1 Å². The highest BCUT2D eigenvalue weighted by atomic mass is 32.1. The zero-order valence-electron chi connectivity index (χ0n) is 11.4. The van der Waals surface area contributed by atoms with Gasteiger partial charge in [-0.2, -0.15) is 0 Å². The lowest BCUT2D eigenvalue weighted by Crippen LogP contribution is -2.42. The van der Waals surface area contributed by atoms with Crippen LogP contribution in [0.15, 0.2) is 18.2 Å². The molecule has 4 nitrogen and oxygen atoms in total. The SMILES string of the molecule is COc1cc(CN2CCOCC2C)ccc1C(N)=S. The van der Waals surface area contributed by atoms with Gasteiger partial charge in [0.2, 0.25) is 0 Å². The lowest BCUT2D eigenvalue weighted by atomic mass is 10.1. The summed E-state index contributed by atoms with van der Waals surface area (Å²) in [5, 5.41) is 0. The Hall–Kier alpha value is -1.17. The molecule has 104 valence electrons. The Balaban J connectivity index is 2.14. The van der Waals surface area contributed by atoms with Crippen molar-refractivity contribution >= 4 is 17.2 Å². The Labute approximate surface area is 119 Å². The molecule has 1 aliphatic heterocycles. The molecule has 1 aromatic rings. The van der Waals surface area contributed by atoms with E-state index in [9.17, 15) is 0 Å². The molecular weight excluding hydrogens is 260 g/mol. The van der Waals surface area contributed by atoms with Gasteiger partial charge in [0.1, 0.15) is 10.7 Å². The third-order valence-corrected chi connectivity index (χ3v) is 3.64. The minimum Gasteiger partial charge on any atom is -0.496 e. The van der Waals surface area contributed by atoms with Crippen molar-refractivity contribution in [1.82, 2.24) is 4.90 Å². The highest BCUT2D eigenvalue weighted by Gasteiger charge is 2.19. The normalized spacial score (nSPS) is 20.2. The number of morpholine rings is 1. The molecule has 0 bridgehead atoms. The predicted octanol–water partition coefficient (Wildman–Crippen LogP) is 1.55. The molecule has 0 radical (unpaired) electrons. The van der Waals surface area contributed by atoms with E-state index >= 15 is 0 Å². The summed E-state index contributed by atoms with van der Waals surface area (Å²) < 4.78 is 10.8. The Morgan fingerprint density at radius 2 is 2.37 bits per heavy atom.